The van der Waals surface area contributed by atoms with Crippen molar-refractivity contribution in [1.29, 1.82) is 0 Å². The van der Waals surface area contributed by atoms with E-state index in [4.69, 9.17) is 38.3 Å². The highest BCUT2D eigenvalue weighted by Gasteiger charge is 2.43. The lowest BCUT2D eigenvalue weighted by atomic mass is 9.93. The van der Waals surface area contributed by atoms with E-state index in [0.717, 1.165) is 39.6 Å². The second kappa shape index (κ2) is 11.9. The van der Waals surface area contributed by atoms with Crippen molar-refractivity contribution in [1.82, 2.24) is 14.9 Å². The molecule has 2 atom stereocenters. The number of hydrogen-bond acceptors (Lipinski definition) is 5. The molecule has 4 aromatic rings. The summed E-state index contributed by atoms with van der Waals surface area (Å²) in [6, 6.07) is 18.9. The number of ether oxygens (including phenoxy) is 2. The molecule has 2 N–H and O–H groups in total. The van der Waals surface area contributed by atoms with Crippen molar-refractivity contribution < 1.29 is 14.3 Å². The van der Waals surface area contributed by atoms with Gasteiger partial charge < -0.3 is 29.6 Å². The Morgan fingerprint density at radius 1 is 1.05 bits per heavy atom. The van der Waals surface area contributed by atoms with Crippen LogP contribution in [0.1, 0.15) is 40.3 Å². The highest BCUT2D eigenvalue weighted by atomic mass is 35.5. The zero-order chi connectivity index (χ0) is 29.3. The molecule has 3 heterocycles. The van der Waals surface area contributed by atoms with Crippen LogP contribution < -0.4 is 20.3 Å². The number of thiocarbonyl (C=S) groups is 1. The van der Waals surface area contributed by atoms with E-state index in [0.29, 0.717) is 21.6 Å². The van der Waals surface area contributed by atoms with Crippen LogP contribution in [0.5, 0.6) is 5.75 Å². The number of pyridine rings is 1. The van der Waals surface area contributed by atoms with E-state index in [9.17, 15) is 4.79 Å². The zero-order valence-corrected chi connectivity index (χ0v) is 25.1. The molecule has 0 bridgehead atoms. The first kappa shape index (κ1) is 28.6. The summed E-state index contributed by atoms with van der Waals surface area (Å²) in [7, 11) is 3.04. The minimum atomic E-state index is -0.283. The van der Waals surface area contributed by atoms with E-state index in [2.05, 4.69) is 46.9 Å². The average Bonchev–Trinajstić information content (AvgIpc) is 3.40. The van der Waals surface area contributed by atoms with Crippen LogP contribution in [-0.4, -0.2) is 41.4 Å². The predicted octanol–water partition coefficient (Wildman–Crippen LogP) is 6.22. The van der Waals surface area contributed by atoms with Gasteiger partial charge in [0.1, 0.15) is 12.4 Å². The average molecular weight is 590 g/mol. The summed E-state index contributed by atoms with van der Waals surface area (Å²) in [5.41, 5.74) is 7.65. The van der Waals surface area contributed by atoms with Crippen molar-refractivity contribution in [3.05, 3.63) is 100 Å². The third-order valence-corrected chi connectivity index (χ3v) is 8.03. The molecule has 8 nitrogen and oxygen atoms in total. The summed E-state index contributed by atoms with van der Waals surface area (Å²) in [5, 5.41) is 7.65. The Morgan fingerprint density at radius 2 is 1.85 bits per heavy atom. The van der Waals surface area contributed by atoms with Crippen LogP contribution in [0.3, 0.4) is 0 Å². The fraction of sp³-hybridized carbons (Fsp3) is 0.258. The van der Waals surface area contributed by atoms with Gasteiger partial charge in [0.2, 0.25) is 5.91 Å². The number of benzene rings is 2. The van der Waals surface area contributed by atoms with Gasteiger partial charge in [-0.15, -0.1) is 0 Å². The number of rotatable bonds is 8. The Bertz CT molecular complexity index is 1610. The Labute approximate surface area is 250 Å². The molecule has 1 aliphatic heterocycles. The van der Waals surface area contributed by atoms with Gasteiger partial charge in [0.25, 0.3) is 0 Å². The van der Waals surface area contributed by atoms with Gasteiger partial charge in [0.15, 0.2) is 5.11 Å². The third kappa shape index (κ3) is 5.40. The van der Waals surface area contributed by atoms with Crippen LogP contribution in [-0.2, 0) is 9.53 Å². The van der Waals surface area contributed by atoms with Crippen molar-refractivity contribution in [2.75, 3.05) is 31.0 Å². The van der Waals surface area contributed by atoms with Crippen molar-refractivity contribution in [3.63, 3.8) is 0 Å². The normalized spacial score (nSPS) is 16.5. The second-order valence-electron chi connectivity index (χ2n) is 9.89. The maximum Gasteiger partial charge on any atom is 0.250 e. The minimum Gasteiger partial charge on any atom is -0.495 e. The molecule has 2 aromatic heterocycles. The van der Waals surface area contributed by atoms with E-state index in [1.54, 1.807) is 13.3 Å². The first-order chi connectivity index (χ1) is 19.7. The number of methoxy groups -OCH3 is 2. The molecule has 0 saturated carbocycles. The molecule has 2 aromatic carbocycles. The highest BCUT2D eigenvalue weighted by molar-refractivity contribution is 7.80. The van der Waals surface area contributed by atoms with Crippen LogP contribution in [0, 0.1) is 20.8 Å². The molecule has 1 fully saturated rings. The van der Waals surface area contributed by atoms with Crippen molar-refractivity contribution in [2.45, 2.75) is 32.9 Å². The molecule has 0 spiro atoms. The Morgan fingerprint density at radius 3 is 2.54 bits per heavy atom. The largest absolute Gasteiger partial charge is 0.495 e. The van der Waals surface area contributed by atoms with Gasteiger partial charge in [0, 0.05) is 46.7 Å². The first-order valence-electron chi connectivity index (χ1n) is 13.2. The number of carbonyl (C=O) groups is 1. The van der Waals surface area contributed by atoms with Gasteiger partial charge in [-0.1, -0.05) is 23.7 Å². The lowest BCUT2D eigenvalue weighted by Gasteiger charge is -2.29. The maximum absolute atomic E-state index is 12.4. The van der Waals surface area contributed by atoms with E-state index in [1.807, 2.05) is 54.6 Å². The SMILES string of the molecule is COCC(=O)Nc1cc(N2C(=S)N[C@@H](c3ccccn3)[C@H]2c2c(C)c(C)n(-c3cccc(Cl)c3)c2C)ccc1OC. The number of aromatic nitrogens is 2. The fourth-order valence-corrected chi connectivity index (χ4v) is 6.16. The lowest BCUT2D eigenvalue weighted by Crippen LogP contribution is -2.30. The van der Waals surface area contributed by atoms with Crippen LogP contribution >= 0.6 is 23.8 Å². The molecular weight excluding hydrogens is 558 g/mol. The molecule has 5 rings (SSSR count). The Kier molecular flexibility index (Phi) is 8.30. The highest BCUT2D eigenvalue weighted by Crippen LogP contribution is 2.46. The lowest BCUT2D eigenvalue weighted by molar-refractivity contribution is -0.119. The van der Waals surface area contributed by atoms with Crippen LogP contribution in [0.15, 0.2) is 66.9 Å². The molecule has 212 valence electrons. The van der Waals surface area contributed by atoms with Crippen molar-refractivity contribution >= 4 is 46.2 Å². The predicted molar refractivity (Wildman–Crippen MR) is 166 cm³/mol. The minimum absolute atomic E-state index is 0.0733. The van der Waals surface area contributed by atoms with Gasteiger partial charge in [-0.3, -0.25) is 9.78 Å². The molecule has 10 heteroatoms. The molecule has 1 saturated heterocycles. The Hall–Kier alpha value is -3.92. The van der Waals surface area contributed by atoms with E-state index < -0.39 is 0 Å². The number of amides is 1. The fourth-order valence-electron chi connectivity index (χ4n) is 5.63. The van der Waals surface area contributed by atoms with Crippen LogP contribution in [0.25, 0.3) is 5.69 Å². The topological polar surface area (TPSA) is 80.7 Å². The van der Waals surface area contributed by atoms with Gasteiger partial charge in [-0.25, -0.2) is 0 Å². The smallest absolute Gasteiger partial charge is 0.250 e. The van der Waals surface area contributed by atoms with Crippen molar-refractivity contribution in [2.24, 2.45) is 0 Å². The summed E-state index contributed by atoms with van der Waals surface area (Å²) in [4.78, 5) is 19.2. The molecular formula is C31H32ClN5O3S. The zero-order valence-electron chi connectivity index (χ0n) is 23.6. The van der Waals surface area contributed by atoms with Gasteiger partial charge in [-0.2, -0.15) is 0 Å². The number of nitrogens with one attached hydrogen (secondary N) is 2. The summed E-state index contributed by atoms with van der Waals surface area (Å²) < 4.78 is 12.8. The quantitative estimate of drug-likeness (QED) is 0.236. The summed E-state index contributed by atoms with van der Waals surface area (Å²) in [6.45, 7) is 6.30. The van der Waals surface area contributed by atoms with Gasteiger partial charge in [-0.05, 0) is 87.1 Å². The number of hydrogen-bond donors (Lipinski definition) is 2. The number of carbonyl (C=O) groups excluding carboxylic acids is 1. The first-order valence-corrected chi connectivity index (χ1v) is 14.0. The van der Waals surface area contributed by atoms with Crippen molar-refractivity contribution in [3.8, 4) is 11.4 Å². The Balaban J connectivity index is 1.69. The van der Waals surface area contributed by atoms with E-state index >= 15 is 0 Å². The van der Waals surface area contributed by atoms with Gasteiger partial charge >= 0.3 is 0 Å². The number of anilines is 2. The van der Waals surface area contributed by atoms with Crippen LogP contribution in [0.2, 0.25) is 5.02 Å². The van der Waals surface area contributed by atoms with Crippen LogP contribution in [0.4, 0.5) is 11.4 Å². The molecule has 41 heavy (non-hydrogen) atoms. The summed E-state index contributed by atoms with van der Waals surface area (Å²) >= 11 is 12.4. The standard InChI is InChI=1S/C31H32ClN5O3S/c1-18-19(2)36(22-10-8-9-21(32)15-22)20(3)28(18)30-29(24-11-6-7-14-33-24)35-31(41)37(30)23-12-13-26(40-5)25(16-23)34-27(38)17-39-4/h6-16,29-30H,17H2,1-5H3,(H,34,38)(H,35,41)/t29-,30+/m0/s1. The second-order valence-corrected chi connectivity index (χ2v) is 10.7. The number of halogens is 1. The molecule has 1 amide bonds. The summed E-state index contributed by atoms with van der Waals surface area (Å²) in [6.07, 6.45) is 1.79. The third-order valence-electron chi connectivity index (χ3n) is 7.48. The molecule has 0 aliphatic carbocycles. The molecule has 1 aliphatic rings. The van der Waals surface area contributed by atoms with E-state index in [-0.39, 0.29) is 24.6 Å². The van der Waals surface area contributed by atoms with E-state index in [1.165, 1.54) is 7.11 Å². The van der Waals surface area contributed by atoms with Gasteiger partial charge in [0.05, 0.1) is 30.6 Å². The summed E-state index contributed by atoms with van der Waals surface area (Å²) in [5.74, 6) is 0.248. The molecule has 0 unspecified atom stereocenters. The molecule has 0 radical (unpaired) electrons. The number of nitrogens with zero attached hydrogens (tertiary/aromatic N) is 3. The maximum atomic E-state index is 12.4. The monoisotopic (exact) mass is 589 g/mol.